The van der Waals surface area contributed by atoms with Crippen molar-refractivity contribution in [3.8, 4) is 0 Å². The van der Waals surface area contributed by atoms with Gasteiger partial charge in [0, 0.05) is 0 Å². The summed E-state index contributed by atoms with van der Waals surface area (Å²) in [5.41, 5.74) is 7.16. The van der Waals surface area contributed by atoms with E-state index in [0.717, 1.165) is 16.7 Å². The van der Waals surface area contributed by atoms with Gasteiger partial charge in [-0.05, 0) is 51.0 Å². The number of rotatable bonds is 6. The van der Waals surface area contributed by atoms with E-state index >= 15 is 0 Å². The molecule has 0 unspecified atom stereocenters. The topological polar surface area (TPSA) is 37.4 Å². The van der Waals surface area contributed by atoms with Crippen LogP contribution < -0.4 is 0 Å². The molecule has 0 aliphatic rings. The summed E-state index contributed by atoms with van der Waals surface area (Å²) in [6, 6.07) is 15.0. The molecule has 0 amide bonds. The third kappa shape index (κ3) is 5.48. The molecule has 0 heterocycles. The van der Waals surface area contributed by atoms with Crippen molar-refractivity contribution in [3.05, 3.63) is 88.8 Å². The molecule has 0 aliphatic carbocycles. The number of allylic oxidation sites excluding steroid dienone is 1. The molecule has 4 heteroatoms. The van der Waals surface area contributed by atoms with E-state index < -0.39 is 10.0 Å². The van der Waals surface area contributed by atoms with Crippen LogP contribution in [0, 0.1) is 13.8 Å². The van der Waals surface area contributed by atoms with Crippen LogP contribution in [0.15, 0.2) is 77.0 Å². The monoisotopic (exact) mass is 367 g/mol. The van der Waals surface area contributed by atoms with E-state index in [0.29, 0.717) is 0 Å². The molecule has 0 aliphatic heterocycles. The van der Waals surface area contributed by atoms with Gasteiger partial charge in [-0.3, -0.25) is 4.31 Å². The maximum Gasteiger partial charge on any atom is 0.264 e. The normalized spacial score (nSPS) is 11.2. The van der Waals surface area contributed by atoms with E-state index in [4.69, 9.17) is 0 Å². The molecule has 0 fully saturated rings. The second-order valence-electron chi connectivity index (χ2n) is 6.47. The quantitative estimate of drug-likeness (QED) is 0.667. The van der Waals surface area contributed by atoms with E-state index in [1.807, 2.05) is 64.1 Å². The first-order chi connectivity index (χ1) is 12.3. The van der Waals surface area contributed by atoms with Gasteiger partial charge in [-0.25, -0.2) is 8.42 Å². The molecule has 2 aromatic carbocycles. The molecule has 2 aromatic rings. The van der Waals surface area contributed by atoms with Crippen molar-refractivity contribution in [1.29, 1.82) is 0 Å². The molecule has 136 valence electrons. The minimum Gasteiger partial charge on any atom is -0.262 e. The van der Waals surface area contributed by atoms with Crippen molar-refractivity contribution in [2.45, 2.75) is 32.6 Å². The summed E-state index contributed by atoms with van der Waals surface area (Å²) >= 11 is 0. The van der Waals surface area contributed by atoms with Gasteiger partial charge in [-0.2, -0.15) is 0 Å². The molecular formula is C22H25NO2S. The number of hydrogen-bond acceptors (Lipinski definition) is 2. The molecule has 0 saturated heterocycles. The van der Waals surface area contributed by atoms with Crippen molar-refractivity contribution in [3.63, 3.8) is 0 Å². The highest BCUT2D eigenvalue weighted by Gasteiger charge is 2.20. The van der Waals surface area contributed by atoms with E-state index in [-0.39, 0.29) is 11.4 Å². The Hall–Kier alpha value is -2.55. The first-order valence-electron chi connectivity index (χ1n) is 8.51. The Labute approximate surface area is 157 Å². The number of nitrogens with zero attached hydrogens (tertiary/aromatic N) is 1. The zero-order valence-corrected chi connectivity index (χ0v) is 16.5. The van der Waals surface area contributed by atoms with Gasteiger partial charge in [-0.1, -0.05) is 59.7 Å². The van der Waals surface area contributed by atoms with Crippen molar-refractivity contribution in [2.75, 3.05) is 6.54 Å². The third-order valence-electron chi connectivity index (χ3n) is 3.80. The minimum absolute atomic E-state index is 0.240. The molecule has 0 spiro atoms. The number of hydrogen-bond donors (Lipinski definition) is 0. The molecule has 3 nitrogen and oxygen atoms in total. The van der Waals surface area contributed by atoms with E-state index in [2.05, 4.69) is 5.73 Å². The van der Waals surface area contributed by atoms with Crippen molar-refractivity contribution in [2.24, 2.45) is 0 Å². The molecule has 0 N–H and O–H groups in total. The Morgan fingerprint density at radius 1 is 0.962 bits per heavy atom. The van der Waals surface area contributed by atoms with Gasteiger partial charge < -0.3 is 0 Å². The predicted molar refractivity (Wildman–Crippen MR) is 108 cm³/mol. The van der Waals surface area contributed by atoms with Crippen LogP contribution in [-0.2, 0) is 10.0 Å². The first kappa shape index (κ1) is 19.8. The zero-order chi connectivity index (χ0) is 19.2. The molecular weight excluding hydrogens is 342 g/mol. The summed E-state index contributed by atoms with van der Waals surface area (Å²) in [5.74, 6) is 0. The molecule has 0 radical (unpaired) electrons. The average Bonchev–Trinajstić information content (AvgIpc) is 2.59. The Balaban J connectivity index is 2.29. The van der Waals surface area contributed by atoms with Crippen LogP contribution in [0.3, 0.4) is 0 Å². The lowest BCUT2D eigenvalue weighted by atomic mass is 10.1. The highest BCUT2D eigenvalue weighted by atomic mass is 32.2. The summed E-state index contributed by atoms with van der Waals surface area (Å²) < 4.78 is 27.2. The molecule has 0 atom stereocenters. The van der Waals surface area contributed by atoms with Crippen LogP contribution >= 0.6 is 0 Å². The first-order valence-corrected chi connectivity index (χ1v) is 9.95. The summed E-state index contributed by atoms with van der Waals surface area (Å²) in [6.45, 7) is 7.98. The predicted octanol–water partition coefficient (Wildman–Crippen LogP) is 5.09. The number of aryl methyl sites for hydroxylation is 2. The fourth-order valence-corrected chi connectivity index (χ4v) is 3.46. The fourth-order valence-electron chi connectivity index (χ4n) is 2.24. The van der Waals surface area contributed by atoms with Gasteiger partial charge in [-0.15, -0.1) is 5.73 Å². The lowest BCUT2D eigenvalue weighted by molar-refractivity contribution is 0.523. The third-order valence-corrected chi connectivity index (χ3v) is 5.54. The van der Waals surface area contributed by atoms with Crippen LogP contribution in [-0.4, -0.2) is 19.3 Å². The van der Waals surface area contributed by atoms with Crippen molar-refractivity contribution < 1.29 is 8.42 Å². The van der Waals surface area contributed by atoms with Crippen LogP contribution in [0.2, 0.25) is 0 Å². The maximum absolute atomic E-state index is 13.0. The molecule has 0 bridgehead atoms. The minimum atomic E-state index is -3.62. The average molecular weight is 368 g/mol. The highest BCUT2D eigenvalue weighted by Crippen LogP contribution is 2.17. The highest BCUT2D eigenvalue weighted by molar-refractivity contribution is 7.89. The van der Waals surface area contributed by atoms with Crippen LogP contribution in [0.1, 0.15) is 30.5 Å². The summed E-state index contributed by atoms with van der Waals surface area (Å²) in [5, 5.41) is 0. The van der Waals surface area contributed by atoms with Gasteiger partial charge in [0.1, 0.15) is 0 Å². The smallest absolute Gasteiger partial charge is 0.262 e. The lowest BCUT2D eigenvalue weighted by Gasteiger charge is -2.18. The number of benzene rings is 2. The maximum atomic E-state index is 13.0. The van der Waals surface area contributed by atoms with Crippen molar-refractivity contribution in [1.82, 2.24) is 4.31 Å². The SMILES string of the molecule is CC(C)=C=CN(C/C=C/c1ccc(C)cc1)S(=O)(=O)c1ccc(C)cc1. The van der Waals surface area contributed by atoms with Gasteiger partial charge >= 0.3 is 0 Å². The Bertz CT molecular complexity index is 927. The van der Waals surface area contributed by atoms with Crippen LogP contribution in [0.4, 0.5) is 0 Å². The van der Waals surface area contributed by atoms with E-state index in [1.165, 1.54) is 16.1 Å². The fraction of sp³-hybridized carbons (Fsp3) is 0.227. The van der Waals surface area contributed by atoms with Gasteiger partial charge in [0.25, 0.3) is 10.0 Å². The molecule has 0 saturated carbocycles. The van der Waals surface area contributed by atoms with Crippen molar-refractivity contribution >= 4 is 16.1 Å². The second kappa shape index (κ2) is 8.70. The Morgan fingerprint density at radius 2 is 1.50 bits per heavy atom. The molecule has 26 heavy (non-hydrogen) atoms. The lowest BCUT2D eigenvalue weighted by Crippen LogP contribution is -2.26. The van der Waals surface area contributed by atoms with E-state index in [1.54, 1.807) is 24.3 Å². The Morgan fingerprint density at radius 3 is 2.04 bits per heavy atom. The van der Waals surface area contributed by atoms with Gasteiger partial charge in [0.05, 0.1) is 17.6 Å². The number of sulfonamides is 1. The van der Waals surface area contributed by atoms with E-state index in [9.17, 15) is 8.42 Å². The summed E-state index contributed by atoms with van der Waals surface area (Å²) in [6.07, 6.45) is 5.27. The van der Waals surface area contributed by atoms with Gasteiger partial charge in [0.15, 0.2) is 0 Å². The summed E-state index contributed by atoms with van der Waals surface area (Å²) in [4.78, 5) is 0.277. The second-order valence-corrected chi connectivity index (χ2v) is 8.36. The summed E-state index contributed by atoms with van der Waals surface area (Å²) in [7, 11) is -3.62. The zero-order valence-electron chi connectivity index (χ0n) is 15.7. The van der Waals surface area contributed by atoms with Gasteiger partial charge in [0.2, 0.25) is 0 Å². The Kier molecular flexibility index (Phi) is 6.62. The molecule has 2 rings (SSSR count). The molecule has 0 aromatic heterocycles. The largest absolute Gasteiger partial charge is 0.264 e. The van der Waals surface area contributed by atoms with Crippen LogP contribution in [0.5, 0.6) is 0 Å². The standard InChI is InChI=1S/C22H25NO2S/c1-18(2)15-17-23(16-5-6-21-11-7-19(3)8-12-21)26(24,25)22-13-9-20(4)10-14-22/h5-14,17H,16H2,1-4H3/b6-5+. The van der Waals surface area contributed by atoms with Crippen LogP contribution in [0.25, 0.3) is 6.08 Å².